The summed E-state index contributed by atoms with van der Waals surface area (Å²) in [5.41, 5.74) is 3.43. The van der Waals surface area contributed by atoms with Crippen LogP contribution in [0.1, 0.15) is 39.0 Å². The highest BCUT2D eigenvalue weighted by Crippen LogP contribution is 2.24. The number of amides is 3. The van der Waals surface area contributed by atoms with E-state index in [-0.39, 0.29) is 42.7 Å². The van der Waals surface area contributed by atoms with Crippen molar-refractivity contribution in [1.82, 2.24) is 15.5 Å². The first-order chi connectivity index (χ1) is 19.7. The summed E-state index contributed by atoms with van der Waals surface area (Å²) in [5, 5.41) is 27.2. The number of carbonyl (C=O) groups excluding carboxylic acids is 3. The van der Waals surface area contributed by atoms with Crippen LogP contribution in [0, 0.1) is 13.8 Å². The number of aryl methyl sites for hydroxylation is 1. The van der Waals surface area contributed by atoms with Gasteiger partial charge < -0.3 is 30.5 Å². The number of hydrogen-bond donors (Lipinski definition) is 4. The van der Waals surface area contributed by atoms with Crippen molar-refractivity contribution in [2.24, 2.45) is 0 Å². The van der Waals surface area contributed by atoms with E-state index in [0.29, 0.717) is 12.1 Å². The fraction of sp³-hybridized carbons (Fsp3) is 0.344. The average Bonchev–Trinajstić information content (AvgIpc) is 3.42. The molecule has 4 atom stereocenters. The van der Waals surface area contributed by atoms with Crippen molar-refractivity contribution >= 4 is 17.7 Å². The number of benzene rings is 3. The molecule has 0 radical (unpaired) electrons. The van der Waals surface area contributed by atoms with Crippen molar-refractivity contribution in [3.63, 3.8) is 0 Å². The largest absolute Gasteiger partial charge is 0.508 e. The van der Waals surface area contributed by atoms with Gasteiger partial charge in [0.1, 0.15) is 11.8 Å². The van der Waals surface area contributed by atoms with Crippen LogP contribution < -0.4 is 10.6 Å². The second-order valence-corrected chi connectivity index (χ2v) is 10.4. The van der Waals surface area contributed by atoms with Crippen LogP contribution in [0.4, 0.5) is 0 Å². The Labute approximate surface area is 240 Å². The topological polar surface area (TPSA) is 128 Å². The van der Waals surface area contributed by atoms with E-state index in [1.165, 1.54) is 18.1 Å². The van der Waals surface area contributed by atoms with Gasteiger partial charge in [-0.05, 0) is 49.1 Å². The van der Waals surface area contributed by atoms with Gasteiger partial charge in [-0.1, -0.05) is 60.7 Å². The summed E-state index contributed by atoms with van der Waals surface area (Å²) >= 11 is 0. The summed E-state index contributed by atoms with van der Waals surface area (Å²) in [7, 11) is 1.52. The van der Waals surface area contributed by atoms with Gasteiger partial charge in [0, 0.05) is 37.7 Å². The first kappa shape index (κ1) is 29.8. The van der Waals surface area contributed by atoms with E-state index in [1.807, 2.05) is 61.5 Å². The molecule has 9 heteroatoms. The number of rotatable bonds is 10. The molecule has 0 bridgehead atoms. The maximum atomic E-state index is 13.8. The first-order valence-corrected chi connectivity index (χ1v) is 13.7. The normalized spacial score (nSPS) is 18.0. The van der Waals surface area contributed by atoms with E-state index in [0.717, 1.165) is 16.7 Å². The lowest BCUT2D eigenvalue weighted by Crippen LogP contribution is -2.55. The van der Waals surface area contributed by atoms with Crippen LogP contribution in [0.25, 0.3) is 0 Å². The van der Waals surface area contributed by atoms with Gasteiger partial charge in [0.15, 0.2) is 6.10 Å². The lowest BCUT2D eigenvalue weighted by Gasteiger charge is -2.30. The van der Waals surface area contributed by atoms with Crippen molar-refractivity contribution in [2.45, 2.75) is 57.5 Å². The smallest absolute Gasteiger partial charge is 0.254 e. The number of phenolic OH excluding ortho intramolecular Hbond substituents is 1. The van der Waals surface area contributed by atoms with E-state index in [2.05, 4.69) is 10.6 Å². The second-order valence-electron chi connectivity index (χ2n) is 10.4. The van der Waals surface area contributed by atoms with Crippen LogP contribution >= 0.6 is 0 Å². The summed E-state index contributed by atoms with van der Waals surface area (Å²) in [6.07, 6.45) is -1.56. The van der Waals surface area contributed by atoms with Crippen LogP contribution in [0.15, 0.2) is 72.8 Å². The molecule has 4 N–H and O–H groups in total. The van der Waals surface area contributed by atoms with E-state index < -0.39 is 30.0 Å². The summed E-state index contributed by atoms with van der Waals surface area (Å²) in [5.74, 6) is -1.58. The van der Waals surface area contributed by atoms with E-state index in [4.69, 9.17) is 4.74 Å². The first-order valence-electron chi connectivity index (χ1n) is 13.7. The van der Waals surface area contributed by atoms with E-state index >= 15 is 0 Å². The monoisotopic (exact) mass is 559 g/mol. The predicted molar refractivity (Wildman–Crippen MR) is 154 cm³/mol. The number of aliphatic hydroxyl groups is 1. The lowest BCUT2D eigenvalue weighted by molar-refractivity contribution is -0.146. The standard InChI is InChI=1S/C32H37N3O6/c1-20-10-7-8-13-23(20)18-33-31(39)27-17-24(41-3)19-35(27)32(40)29(37)26(16-22-11-5-4-6-12-22)34-30(38)25-14-9-15-28(36)21(25)2/h4-15,24,26-27,29,36-37H,16-19H2,1-3H3,(H,33,39)(H,34,38)/t24-,26-,27-,29-/m0/s1. The predicted octanol–water partition coefficient (Wildman–Crippen LogP) is 2.64. The minimum absolute atomic E-state index is 0.0314. The van der Waals surface area contributed by atoms with Crippen molar-refractivity contribution in [2.75, 3.05) is 13.7 Å². The van der Waals surface area contributed by atoms with Crippen LogP contribution in [-0.2, 0) is 27.3 Å². The Morgan fingerprint density at radius 1 is 1.00 bits per heavy atom. The zero-order valence-corrected chi connectivity index (χ0v) is 23.5. The highest BCUT2D eigenvalue weighted by Gasteiger charge is 2.43. The maximum Gasteiger partial charge on any atom is 0.254 e. The molecule has 3 aromatic carbocycles. The molecule has 1 aliphatic heterocycles. The summed E-state index contributed by atoms with van der Waals surface area (Å²) in [6.45, 7) is 4.02. The van der Waals surface area contributed by atoms with E-state index in [1.54, 1.807) is 19.1 Å². The molecule has 216 valence electrons. The summed E-state index contributed by atoms with van der Waals surface area (Å²) < 4.78 is 5.49. The molecule has 0 spiro atoms. The van der Waals surface area contributed by atoms with Gasteiger partial charge in [-0.2, -0.15) is 0 Å². The van der Waals surface area contributed by atoms with Crippen molar-refractivity contribution < 1.29 is 29.3 Å². The third-order valence-corrected chi connectivity index (χ3v) is 7.69. The van der Waals surface area contributed by atoms with Crippen LogP contribution in [-0.4, -0.2) is 70.8 Å². The highest BCUT2D eigenvalue weighted by atomic mass is 16.5. The Kier molecular flexibility index (Phi) is 9.75. The molecular weight excluding hydrogens is 522 g/mol. The second kappa shape index (κ2) is 13.4. The molecule has 0 saturated carbocycles. The Morgan fingerprint density at radius 3 is 2.41 bits per heavy atom. The molecule has 1 heterocycles. The molecule has 9 nitrogen and oxygen atoms in total. The lowest BCUT2D eigenvalue weighted by atomic mass is 9.98. The highest BCUT2D eigenvalue weighted by molar-refractivity contribution is 5.97. The molecule has 1 saturated heterocycles. The molecule has 0 aromatic heterocycles. The summed E-state index contributed by atoms with van der Waals surface area (Å²) in [6, 6.07) is 19.7. The number of aromatic hydroxyl groups is 1. The number of carbonyl (C=O) groups is 3. The number of likely N-dealkylation sites (tertiary alicyclic amines) is 1. The number of aliphatic hydroxyl groups excluding tert-OH is 1. The average molecular weight is 560 g/mol. The minimum Gasteiger partial charge on any atom is -0.508 e. The third kappa shape index (κ3) is 7.11. The maximum absolute atomic E-state index is 13.8. The molecule has 1 fully saturated rings. The Bertz CT molecular complexity index is 1380. The van der Waals surface area contributed by atoms with Gasteiger partial charge >= 0.3 is 0 Å². The van der Waals surface area contributed by atoms with Crippen LogP contribution in [0.3, 0.4) is 0 Å². The number of nitrogens with zero attached hydrogens (tertiary/aromatic N) is 1. The molecule has 3 aromatic rings. The molecule has 1 aliphatic rings. The van der Waals surface area contributed by atoms with Gasteiger partial charge in [0.05, 0.1) is 12.1 Å². The molecule has 3 amide bonds. The van der Waals surface area contributed by atoms with Crippen LogP contribution in [0.5, 0.6) is 5.75 Å². The zero-order chi connectivity index (χ0) is 29.5. The molecule has 4 rings (SSSR count). The molecular formula is C32H37N3O6. The van der Waals surface area contributed by atoms with Gasteiger partial charge in [0.2, 0.25) is 5.91 Å². The Balaban J connectivity index is 1.54. The fourth-order valence-corrected chi connectivity index (χ4v) is 5.14. The molecule has 41 heavy (non-hydrogen) atoms. The quantitative estimate of drug-likeness (QED) is 0.302. The van der Waals surface area contributed by atoms with Gasteiger partial charge in [-0.25, -0.2) is 0 Å². The SMILES string of the molecule is CO[C@H]1C[C@@H](C(=O)NCc2ccccc2C)N(C(=O)[C@@H](O)[C@H](Cc2ccccc2)NC(=O)c2cccc(O)c2C)C1. The van der Waals surface area contributed by atoms with E-state index in [9.17, 15) is 24.6 Å². The zero-order valence-electron chi connectivity index (χ0n) is 23.5. The number of ether oxygens (including phenoxy) is 1. The number of phenols is 1. The van der Waals surface area contributed by atoms with Gasteiger partial charge in [-0.3, -0.25) is 14.4 Å². The Morgan fingerprint density at radius 2 is 1.71 bits per heavy atom. The minimum atomic E-state index is -1.64. The summed E-state index contributed by atoms with van der Waals surface area (Å²) in [4.78, 5) is 41.6. The van der Waals surface area contributed by atoms with Gasteiger partial charge in [0.25, 0.3) is 11.8 Å². The molecule has 0 aliphatic carbocycles. The fourth-order valence-electron chi connectivity index (χ4n) is 5.14. The van der Waals surface area contributed by atoms with Crippen molar-refractivity contribution in [3.05, 3.63) is 101 Å². The van der Waals surface area contributed by atoms with Crippen molar-refractivity contribution in [3.8, 4) is 5.75 Å². The number of methoxy groups -OCH3 is 1. The third-order valence-electron chi connectivity index (χ3n) is 7.69. The van der Waals surface area contributed by atoms with Crippen molar-refractivity contribution in [1.29, 1.82) is 0 Å². The number of hydrogen-bond acceptors (Lipinski definition) is 6. The van der Waals surface area contributed by atoms with Gasteiger partial charge in [-0.15, -0.1) is 0 Å². The Hall–Kier alpha value is -4.21. The van der Waals surface area contributed by atoms with Crippen LogP contribution in [0.2, 0.25) is 0 Å². The molecule has 0 unspecified atom stereocenters. The number of nitrogens with one attached hydrogen (secondary N) is 2.